The smallest absolute Gasteiger partial charge is 0.231 e. The van der Waals surface area contributed by atoms with E-state index in [0.717, 1.165) is 34.0 Å². The zero-order chi connectivity index (χ0) is 28.1. The third kappa shape index (κ3) is 6.99. The second-order valence-electron chi connectivity index (χ2n) is 10.2. The van der Waals surface area contributed by atoms with Gasteiger partial charge in [-0.1, -0.05) is 37.6 Å². The van der Waals surface area contributed by atoms with Crippen LogP contribution in [0.25, 0.3) is 11.4 Å². The van der Waals surface area contributed by atoms with Crippen molar-refractivity contribution in [2.75, 3.05) is 44.2 Å². The maximum Gasteiger partial charge on any atom is 0.231 e. The molecule has 3 aromatic rings. The first-order valence-electron chi connectivity index (χ1n) is 13.5. The van der Waals surface area contributed by atoms with Crippen molar-refractivity contribution in [2.24, 2.45) is 5.73 Å². The Hall–Kier alpha value is -3.36. The Morgan fingerprint density at radius 1 is 1.03 bits per heavy atom. The number of carbonyl (C=O) groups is 1. The summed E-state index contributed by atoms with van der Waals surface area (Å²) >= 11 is 6.37. The topological polar surface area (TPSA) is 93.8 Å². The third-order valence-electron chi connectivity index (χ3n) is 6.98. The van der Waals surface area contributed by atoms with Gasteiger partial charge in [-0.05, 0) is 62.1 Å². The predicted molar refractivity (Wildman–Crippen MR) is 156 cm³/mol. The van der Waals surface area contributed by atoms with Crippen molar-refractivity contribution in [3.8, 4) is 22.9 Å². The van der Waals surface area contributed by atoms with Crippen LogP contribution in [-0.2, 0) is 11.4 Å². The van der Waals surface area contributed by atoms with Crippen molar-refractivity contribution >= 4 is 23.3 Å². The van der Waals surface area contributed by atoms with Gasteiger partial charge in [0.25, 0.3) is 0 Å². The number of rotatable bonds is 10. The zero-order valence-corrected chi connectivity index (χ0v) is 24.2. The largest absolute Gasteiger partial charge is 0.493 e. The molecule has 0 aliphatic carbocycles. The molecule has 0 unspecified atom stereocenters. The number of piperazine rings is 1. The number of amides is 1. The summed E-state index contributed by atoms with van der Waals surface area (Å²) in [6, 6.07) is 11.9. The first-order valence-corrected chi connectivity index (χ1v) is 13.8. The number of ether oxygens (including phenoxy) is 2. The van der Waals surface area contributed by atoms with E-state index in [1.807, 2.05) is 26.0 Å². The van der Waals surface area contributed by atoms with E-state index in [4.69, 9.17) is 36.8 Å². The molecule has 39 heavy (non-hydrogen) atoms. The monoisotopic (exact) mass is 551 g/mol. The number of primary amides is 1. The molecule has 2 N–H and O–H groups in total. The van der Waals surface area contributed by atoms with Crippen LogP contribution in [0.2, 0.25) is 5.02 Å². The Morgan fingerprint density at radius 3 is 2.44 bits per heavy atom. The third-order valence-corrected chi connectivity index (χ3v) is 7.21. The maximum atomic E-state index is 11.5. The number of carbonyl (C=O) groups excluding carboxylic acids is 1. The van der Waals surface area contributed by atoms with Crippen molar-refractivity contribution < 1.29 is 14.3 Å². The van der Waals surface area contributed by atoms with E-state index >= 15 is 0 Å². The van der Waals surface area contributed by atoms with Crippen LogP contribution in [0.1, 0.15) is 49.1 Å². The van der Waals surface area contributed by atoms with Gasteiger partial charge >= 0.3 is 0 Å². The average Bonchev–Trinajstić information content (AvgIpc) is 2.89. The predicted octanol–water partition coefficient (Wildman–Crippen LogP) is 5.12. The lowest BCUT2D eigenvalue weighted by Crippen LogP contribution is -2.49. The molecule has 1 fully saturated rings. The molecule has 1 saturated heterocycles. The summed E-state index contributed by atoms with van der Waals surface area (Å²) in [5.74, 6) is 2.99. The van der Waals surface area contributed by atoms with Gasteiger partial charge in [-0.2, -0.15) is 0 Å². The second kappa shape index (κ2) is 12.7. The molecule has 9 heteroatoms. The fourth-order valence-corrected chi connectivity index (χ4v) is 4.88. The number of aryl methyl sites for hydroxylation is 2. The molecule has 1 aliphatic heterocycles. The molecule has 1 aliphatic rings. The molecule has 2 aromatic carbocycles. The van der Waals surface area contributed by atoms with Gasteiger partial charge in [-0.3, -0.25) is 9.69 Å². The Labute approximate surface area is 236 Å². The molecule has 1 aromatic heterocycles. The van der Waals surface area contributed by atoms with E-state index in [2.05, 4.69) is 48.8 Å². The number of halogens is 1. The lowest BCUT2D eigenvalue weighted by molar-refractivity contribution is -0.119. The molecule has 0 radical (unpaired) electrons. The fourth-order valence-electron chi connectivity index (χ4n) is 4.71. The molecular formula is C30H38ClN5O3. The number of anilines is 1. The highest BCUT2D eigenvalue weighted by Gasteiger charge is 2.25. The van der Waals surface area contributed by atoms with Crippen LogP contribution in [0.15, 0.2) is 36.4 Å². The second-order valence-corrected chi connectivity index (χ2v) is 10.6. The van der Waals surface area contributed by atoms with Crippen LogP contribution in [0.5, 0.6) is 11.5 Å². The Balaban J connectivity index is 1.72. The molecule has 0 bridgehead atoms. The number of benzene rings is 2. The van der Waals surface area contributed by atoms with Crippen molar-refractivity contribution in [2.45, 2.75) is 47.1 Å². The van der Waals surface area contributed by atoms with E-state index in [0.29, 0.717) is 61.9 Å². The standard InChI is InChI=1S/C30H38ClN5O3/c1-6-38-26-10-9-23(31)16-24(26)29-33-21(5)25(18-39-27-15-22(19(2)3)8-7-20(27)4)30(34-29)36-13-11-35(12-14-36)17-28(32)37/h7-10,15-16,19H,6,11-14,17-18H2,1-5H3,(H2,32,37). The average molecular weight is 552 g/mol. The Kier molecular flexibility index (Phi) is 9.30. The van der Waals surface area contributed by atoms with Crippen molar-refractivity contribution in [3.05, 3.63) is 63.8 Å². The van der Waals surface area contributed by atoms with Gasteiger partial charge in [0.15, 0.2) is 5.82 Å². The van der Waals surface area contributed by atoms with Crippen molar-refractivity contribution in [1.82, 2.24) is 14.9 Å². The van der Waals surface area contributed by atoms with Gasteiger partial charge in [0.2, 0.25) is 5.91 Å². The number of nitrogens with two attached hydrogens (primary N) is 1. The highest BCUT2D eigenvalue weighted by atomic mass is 35.5. The normalized spacial score (nSPS) is 14.1. The van der Waals surface area contributed by atoms with E-state index in [1.54, 1.807) is 6.07 Å². The number of aromatic nitrogens is 2. The summed E-state index contributed by atoms with van der Waals surface area (Å²) in [5, 5.41) is 0.587. The molecule has 2 heterocycles. The van der Waals surface area contributed by atoms with Gasteiger partial charge in [-0.15, -0.1) is 0 Å². The minimum atomic E-state index is -0.318. The molecular weight excluding hydrogens is 514 g/mol. The first-order chi connectivity index (χ1) is 18.7. The number of hydrogen-bond donors (Lipinski definition) is 1. The van der Waals surface area contributed by atoms with Crippen LogP contribution < -0.4 is 20.1 Å². The Morgan fingerprint density at radius 2 is 1.77 bits per heavy atom. The van der Waals surface area contributed by atoms with Crippen molar-refractivity contribution in [1.29, 1.82) is 0 Å². The SMILES string of the molecule is CCOc1ccc(Cl)cc1-c1nc(C)c(COc2cc(C(C)C)ccc2C)c(N2CCN(CC(N)=O)CC2)n1. The van der Waals surface area contributed by atoms with Gasteiger partial charge < -0.3 is 20.1 Å². The van der Waals surface area contributed by atoms with Crippen LogP contribution in [0, 0.1) is 13.8 Å². The van der Waals surface area contributed by atoms with E-state index in [-0.39, 0.29) is 12.5 Å². The minimum absolute atomic E-state index is 0.254. The van der Waals surface area contributed by atoms with Crippen LogP contribution in [0.4, 0.5) is 5.82 Å². The quantitative estimate of drug-likeness (QED) is 0.373. The van der Waals surface area contributed by atoms with E-state index in [9.17, 15) is 4.79 Å². The summed E-state index contributed by atoms with van der Waals surface area (Å²) in [5.41, 5.74) is 10.2. The highest BCUT2D eigenvalue weighted by molar-refractivity contribution is 6.30. The Bertz CT molecular complexity index is 1320. The van der Waals surface area contributed by atoms with Crippen LogP contribution in [0.3, 0.4) is 0 Å². The molecule has 0 spiro atoms. The van der Waals surface area contributed by atoms with Crippen LogP contribution >= 0.6 is 11.6 Å². The summed E-state index contributed by atoms with van der Waals surface area (Å²) in [6.07, 6.45) is 0. The lowest BCUT2D eigenvalue weighted by atomic mass is 10.0. The molecule has 208 valence electrons. The summed E-state index contributed by atoms with van der Waals surface area (Å²) < 4.78 is 12.3. The van der Waals surface area contributed by atoms with Gasteiger partial charge in [-0.25, -0.2) is 9.97 Å². The highest BCUT2D eigenvalue weighted by Crippen LogP contribution is 2.34. The summed E-state index contributed by atoms with van der Waals surface area (Å²) in [6.45, 7) is 14.2. The first kappa shape index (κ1) is 28.6. The molecule has 8 nitrogen and oxygen atoms in total. The van der Waals surface area contributed by atoms with Gasteiger partial charge in [0.1, 0.15) is 23.9 Å². The maximum absolute atomic E-state index is 11.5. The summed E-state index contributed by atoms with van der Waals surface area (Å²) in [7, 11) is 0. The minimum Gasteiger partial charge on any atom is -0.493 e. The lowest BCUT2D eigenvalue weighted by Gasteiger charge is -2.36. The number of hydrogen-bond acceptors (Lipinski definition) is 7. The summed E-state index contributed by atoms with van der Waals surface area (Å²) in [4.78, 5) is 25.7. The molecule has 4 rings (SSSR count). The zero-order valence-electron chi connectivity index (χ0n) is 23.5. The fraction of sp³-hybridized carbons (Fsp3) is 0.433. The van der Waals surface area contributed by atoms with E-state index in [1.165, 1.54) is 5.56 Å². The molecule has 0 atom stereocenters. The number of nitrogens with zero attached hydrogens (tertiary/aromatic N) is 4. The van der Waals surface area contributed by atoms with E-state index < -0.39 is 0 Å². The molecule has 1 amide bonds. The van der Waals surface area contributed by atoms with Gasteiger partial charge in [0.05, 0.1) is 30.0 Å². The van der Waals surface area contributed by atoms with Crippen LogP contribution in [-0.4, -0.2) is 60.1 Å². The van der Waals surface area contributed by atoms with Crippen molar-refractivity contribution in [3.63, 3.8) is 0 Å². The van der Waals surface area contributed by atoms with Gasteiger partial charge in [0, 0.05) is 31.2 Å². The molecule has 0 saturated carbocycles.